The molecular weight excluding hydrogens is 460 g/mol. The summed E-state index contributed by atoms with van der Waals surface area (Å²) in [5.41, 5.74) is 1.09. The molecule has 0 unspecified atom stereocenters. The maximum atomic E-state index is 13.3. The van der Waals surface area contributed by atoms with E-state index >= 15 is 0 Å². The Labute approximate surface area is 205 Å². The van der Waals surface area contributed by atoms with E-state index < -0.39 is 11.9 Å². The summed E-state index contributed by atoms with van der Waals surface area (Å²) in [6.45, 7) is 4.22. The molecule has 1 aromatic carbocycles. The van der Waals surface area contributed by atoms with E-state index in [1.807, 2.05) is 25.1 Å². The zero-order valence-corrected chi connectivity index (χ0v) is 19.9. The fourth-order valence-corrected chi connectivity index (χ4v) is 4.12. The van der Waals surface area contributed by atoms with Crippen molar-refractivity contribution < 1.29 is 18.7 Å². The van der Waals surface area contributed by atoms with Crippen LogP contribution in [0.5, 0.6) is 0 Å². The van der Waals surface area contributed by atoms with E-state index in [-0.39, 0.29) is 34.4 Å². The average molecular weight is 485 g/mol. The first-order valence-corrected chi connectivity index (χ1v) is 11.8. The molecule has 4 heterocycles. The first-order valence-electron chi connectivity index (χ1n) is 11.8. The highest BCUT2D eigenvalue weighted by Gasteiger charge is 2.21. The minimum atomic E-state index is -0.682. The molecule has 0 aliphatic heterocycles. The number of ether oxygens (including phenoxy) is 1. The second-order valence-corrected chi connectivity index (χ2v) is 8.26. The SMILES string of the molecule is CCCCn1c(=NC(=O)c2cc3ccccc3o2)c(C(=O)OCC)cc2c(=O)n3ccccc3nc21. The van der Waals surface area contributed by atoms with Crippen molar-refractivity contribution in [1.29, 1.82) is 0 Å². The predicted octanol–water partition coefficient (Wildman–Crippen LogP) is 4.11. The van der Waals surface area contributed by atoms with Crippen LogP contribution >= 0.6 is 0 Å². The van der Waals surface area contributed by atoms with E-state index in [2.05, 4.69) is 4.99 Å². The Balaban J connectivity index is 1.84. The molecule has 0 bridgehead atoms. The monoisotopic (exact) mass is 484 g/mol. The molecular formula is C27H24N4O5. The van der Waals surface area contributed by atoms with E-state index in [0.29, 0.717) is 29.8 Å². The molecule has 0 aliphatic rings. The Bertz CT molecular complexity index is 1730. The van der Waals surface area contributed by atoms with Crippen molar-refractivity contribution in [3.63, 3.8) is 0 Å². The van der Waals surface area contributed by atoms with Crippen LogP contribution in [0.2, 0.25) is 0 Å². The van der Waals surface area contributed by atoms with Crippen molar-refractivity contribution in [2.75, 3.05) is 6.61 Å². The number of hydrogen-bond acceptors (Lipinski definition) is 6. The van der Waals surface area contributed by atoms with Gasteiger partial charge in [-0.25, -0.2) is 9.78 Å². The lowest BCUT2D eigenvalue weighted by atomic mass is 10.2. The first-order chi connectivity index (χ1) is 17.5. The molecule has 0 fully saturated rings. The van der Waals surface area contributed by atoms with Crippen molar-refractivity contribution in [2.24, 2.45) is 4.99 Å². The summed E-state index contributed by atoms with van der Waals surface area (Å²) in [4.78, 5) is 48.6. The third kappa shape index (κ3) is 4.08. The van der Waals surface area contributed by atoms with Gasteiger partial charge in [-0.15, -0.1) is 0 Å². The predicted molar refractivity (Wildman–Crippen MR) is 134 cm³/mol. The molecule has 0 aliphatic carbocycles. The topological polar surface area (TPSA) is 108 Å². The van der Waals surface area contributed by atoms with E-state index in [1.165, 1.54) is 10.5 Å². The van der Waals surface area contributed by atoms with Gasteiger partial charge in [-0.1, -0.05) is 37.6 Å². The van der Waals surface area contributed by atoms with Gasteiger partial charge < -0.3 is 13.7 Å². The van der Waals surface area contributed by atoms with Crippen LogP contribution in [-0.2, 0) is 11.3 Å². The summed E-state index contributed by atoms with van der Waals surface area (Å²) in [6.07, 6.45) is 3.17. The van der Waals surface area contributed by atoms with Crippen LogP contribution in [-0.4, -0.2) is 32.4 Å². The highest BCUT2D eigenvalue weighted by molar-refractivity contribution is 5.98. The Hall–Kier alpha value is -4.53. The van der Waals surface area contributed by atoms with Gasteiger partial charge in [0.15, 0.2) is 11.2 Å². The van der Waals surface area contributed by atoms with Crippen molar-refractivity contribution in [3.05, 3.63) is 88.0 Å². The summed E-state index contributed by atoms with van der Waals surface area (Å²) >= 11 is 0. The number of aryl methyl sites for hydroxylation is 1. The standard InChI is InChI=1S/C27H24N4O5/c1-3-5-13-31-23-18(26(33)30-14-9-8-12-22(30)28-23)16-19(27(34)35-4-2)24(31)29-25(32)21-15-17-10-6-7-11-20(17)36-21/h6-12,14-16H,3-5,13H2,1-2H3. The summed E-state index contributed by atoms with van der Waals surface area (Å²) in [5, 5.41) is 0.994. The van der Waals surface area contributed by atoms with Crippen LogP contribution in [0.25, 0.3) is 27.6 Å². The van der Waals surface area contributed by atoms with Gasteiger partial charge in [0.1, 0.15) is 22.4 Å². The number of carbonyl (C=O) groups excluding carboxylic acids is 2. The maximum absolute atomic E-state index is 13.3. The highest BCUT2D eigenvalue weighted by atomic mass is 16.5. The fraction of sp³-hybridized carbons (Fsp3) is 0.222. The minimum Gasteiger partial charge on any atom is -0.462 e. The number of hydrogen-bond donors (Lipinski definition) is 0. The molecule has 1 amide bonds. The Kier molecular flexibility index (Phi) is 6.20. The first kappa shape index (κ1) is 23.2. The number of amides is 1. The normalized spacial score (nSPS) is 12.0. The van der Waals surface area contributed by atoms with Gasteiger partial charge >= 0.3 is 11.9 Å². The minimum absolute atomic E-state index is 0.0136. The van der Waals surface area contributed by atoms with Crippen LogP contribution < -0.4 is 11.0 Å². The second kappa shape index (κ2) is 9.61. The lowest BCUT2D eigenvalue weighted by Crippen LogP contribution is -2.32. The summed E-state index contributed by atoms with van der Waals surface area (Å²) < 4.78 is 14.0. The number of furan rings is 1. The number of nitrogens with zero attached hydrogens (tertiary/aromatic N) is 4. The van der Waals surface area contributed by atoms with Gasteiger partial charge in [-0.3, -0.25) is 14.0 Å². The van der Waals surface area contributed by atoms with Crippen LogP contribution in [0.1, 0.15) is 47.6 Å². The lowest BCUT2D eigenvalue weighted by Gasteiger charge is -2.14. The van der Waals surface area contributed by atoms with Gasteiger partial charge in [0.05, 0.1) is 12.0 Å². The lowest BCUT2D eigenvalue weighted by molar-refractivity contribution is 0.0523. The van der Waals surface area contributed by atoms with Crippen LogP contribution in [0.3, 0.4) is 0 Å². The molecule has 0 saturated heterocycles. The molecule has 5 rings (SSSR count). The number of benzene rings is 1. The quantitative estimate of drug-likeness (QED) is 0.265. The molecule has 0 N–H and O–H groups in total. The van der Waals surface area contributed by atoms with Gasteiger partial charge in [0.25, 0.3) is 5.56 Å². The second-order valence-electron chi connectivity index (χ2n) is 8.26. The maximum Gasteiger partial charge on any atom is 0.341 e. The number of carbonyl (C=O) groups is 2. The number of para-hydroxylation sites is 1. The molecule has 4 aromatic heterocycles. The molecule has 182 valence electrons. The van der Waals surface area contributed by atoms with Crippen LogP contribution in [0, 0.1) is 0 Å². The number of fused-ring (bicyclic) bond motifs is 3. The Morgan fingerprint density at radius 2 is 1.89 bits per heavy atom. The average Bonchev–Trinajstić information content (AvgIpc) is 3.33. The van der Waals surface area contributed by atoms with Crippen molar-refractivity contribution in [3.8, 4) is 0 Å². The molecule has 9 nitrogen and oxygen atoms in total. The number of pyridine rings is 2. The Morgan fingerprint density at radius 1 is 1.08 bits per heavy atom. The third-order valence-electron chi connectivity index (χ3n) is 5.86. The Morgan fingerprint density at radius 3 is 2.67 bits per heavy atom. The molecule has 36 heavy (non-hydrogen) atoms. The van der Waals surface area contributed by atoms with Crippen molar-refractivity contribution in [2.45, 2.75) is 33.2 Å². The van der Waals surface area contributed by atoms with Gasteiger partial charge in [-0.2, -0.15) is 4.99 Å². The van der Waals surface area contributed by atoms with E-state index in [0.717, 1.165) is 11.8 Å². The summed E-state index contributed by atoms with van der Waals surface area (Å²) in [5.74, 6) is -1.29. The van der Waals surface area contributed by atoms with Gasteiger partial charge in [0, 0.05) is 18.1 Å². The molecule has 0 spiro atoms. The molecule has 9 heteroatoms. The highest BCUT2D eigenvalue weighted by Crippen LogP contribution is 2.19. The number of aromatic nitrogens is 3. The van der Waals surface area contributed by atoms with Crippen LogP contribution in [0.15, 0.2) is 75.0 Å². The third-order valence-corrected chi connectivity index (χ3v) is 5.86. The van der Waals surface area contributed by atoms with E-state index in [1.54, 1.807) is 48.0 Å². The number of rotatable bonds is 6. The summed E-state index contributed by atoms with van der Waals surface area (Å²) in [7, 11) is 0. The van der Waals surface area contributed by atoms with Crippen molar-refractivity contribution in [1.82, 2.24) is 14.0 Å². The summed E-state index contributed by atoms with van der Waals surface area (Å²) in [6, 6.07) is 15.5. The number of esters is 1. The molecule has 5 aromatic rings. The van der Waals surface area contributed by atoms with Gasteiger partial charge in [0.2, 0.25) is 0 Å². The molecule has 0 saturated carbocycles. The van der Waals surface area contributed by atoms with E-state index in [4.69, 9.17) is 14.1 Å². The van der Waals surface area contributed by atoms with Crippen LogP contribution in [0.4, 0.5) is 0 Å². The number of unbranched alkanes of at least 4 members (excludes halogenated alkanes) is 1. The van der Waals surface area contributed by atoms with Gasteiger partial charge in [-0.05, 0) is 43.7 Å². The zero-order chi connectivity index (χ0) is 25.2. The molecule has 0 atom stereocenters. The van der Waals surface area contributed by atoms with E-state index in [9.17, 15) is 14.4 Å². The smallest absolute Gasteiger partial charge is 0.341 e. The largest absolute Gasteiger partial charge is 0.462 e. The fourth-order valence-electron chi connectivity index (χ4n) is 4.12. The zero-order valence-electron chi connectivity index (χ0n) is 19.9. The molecule has 0 radical (unpaired) electrons. The van der Waals surface area contributed by atoms with Crippen molar-refractivity contribution >= 4 is 39.5 Å².